The molecule has 2 aromatic heterocycles. The molecule has 1 saturated heterocycles. The SMILES string of the molecule is Cc1ccc(-c2nc(C(=O)N3CCC(Oc4ccc(F)cc4F)CC3)cs2)o1. The molecule has 1 aliphatic heterocycles. The number of thiazole rings is 1. The van der Waals surface area contributed by atoms with E-state index in [1.807, 2.05) is 19.1 Å². The number of nitrogens with zero attached hydrogens (tertiary/aromatic N) is 2. The van der Waals surface area contributed by atoms with Crippen molar-refractivity contribution < 1.29 is 22.7 Å². The number of ether oxygens (including phenoxy) is 1. The Bertz CT molecular complexity index is 993. The molecule has 1 amide bonds. The van der Waals surface area contributed by atoms with Gasteiger partial charge in [-0.15, -0.1) is 11.3 Å². The molecule has 146 valence electrons. The second-order valence-electron chi connectivity index (χ2n) is 6.63. The summed E-state index contributed by atoms with van der Waals surface area (Å²) in [5.74, 6) is -0.0340. The summed E-state index contributed by atoms with van der Waals surface area (Å²) in [6, 6.07) is 6.94. The number of halogens is 2. The van der Waals surface area contributed by atoms with Gasteiger partial charge in [0.2, 0.25) is 0 Å². The van der Waals surface area contributed by atoms with Crippen LogP contribution in [0, 0.1) is 18.6 Å². The highest BCUT2D eigenvalue weighted by molar-refractivity contribution is 7.13. The predicted molar refractivity (Wildman–Crippen MR) is 100 cm³/mol. The van der Waals surface area contributed by atoms with Crippen LogP contribution < -0.4 is 4.74 Å². The summed E-state index contributed by atoms with van der Waals surface area (Å²) in [6.45, 7) is 2.82. The van der Waals surface area contributed by atoms with Crippen LogP contribution in [0.1, 0.15) is 29.1 Å². The van der Waals surface area contributed by atoms with Gasteiger partial charge >= 0.3 is 0 Å². The zero-order chi connectivity index (χ0) is 19.7. The molecule has 28 heavy (non-hydrogen) atoms. The van der Waals surface area contributed by atoms with E-state index in [4.69, 9.17) is 9.15 Å². The highest BCUT2D eigenvalue weighted by atomic mass is 32.1. The molecule has 0 unspecified atom stereocenters. The molecule has 0 saturated carbocycles. The topological polar surface area (TPSA) is 55.6 Å². The van der Waals surface area contributed by atoms with Gasteiger partial charge in [0, 0.05) is 37.4 Å². The Balaban J connectivity index is 1.36. The van der Waals surface area contributed by atoms with Gasteiger partial charge < -0.3 is 14.1 Å². The summed E-state index contributed by atoms with van der Waals surface area (Å²) in [5, 5.41) is 2.40. The number of carbonyl (C=O) groups is 1. The van der Waals surface area contributed by atoms with Crippen LogP contribution in [0.15, 0.2) is 40.1 Å². The Morgan fingerprint density at radius 1 is 1.25 bits per heavy atom. The van der Waals surface area contributed by atoms with Crippen molar-refractivity contribution >= 4 is 17.2 Å². The molecule has 4 rings (SSSR count). The van der Waals surface area contributed by atoms with E-state index in [1.54, 1.807) is 10.3 Å². The summed E-state index contributed by atoms with van der Waals surface area (Å²) in [7, 11) is 0. The Morgan fingerprint density at radius 2 is 2.04 bits per heavy atom. The average molecular weight is 404 g/mol. The van der Waals surface area contributed by atoms with Crippen LogP contribution in [0.3, 0.4) is 0 Å². The maximum absolute atomic E-state index is 13.7. The molecule has 3 aromatic rings. The Labute approximate surface area is 164 Å². The molecular formula is C20H18F2N2O3S. The second-order valence-corrected chi connectivity index (χ2v) is 7.49. The van der Waals surface area contributed by atoms with Crippen molar-refractivity contribution in [3.63, 3.8) is 0 Å². The number of piperidine rings is 1. The number of amides is 1. The lowest BCUT2D eigenvalue weighted by Crippen LogP contribution is -2.42. The van der Waals surface area contributed by atoms with E-state index >= 15 is 0 Å². The van der Waals surface area contributed by atoms with E-state index in [0.29, 0.717) is 42.4 Å². The second kappa shape index (κ2) is 7.71. The molecular weight excluding hydrogens is 386 g/mol. The minimum atomic E-state index is -0.721. The highest BCUT2D eigenvalue weighted by Gasteiger charge is 2.27. The van der Waals surface area contributed by atoms with E-state index < -0.39 is 11.6 Å². The fourth-order valence-electron chi connectivity index (χ4n) is 3.12. The predicted octanol–water partition coefficient (Wildman–Crippen LogP) is 4.67. The van der Waals surface area contributed by atoms with Gasteiger partial charge in [0.25, 0.3) is 5.91 Å². The first-order valence-electron chi connectivity index (χ1n) is 8.93. The standard InChI is InChI=1S/C20H18F2N2O3S/c1-12-2-4-18(26-12)19-23-16(11-28-19)20(25)24-8-6-14(7-9-24)27-17-5-3-13(21)10-15(17)22/h2-5,10-11,14H,6-9H2,1H3. The van der Waals surface area contributed by atoms with E-state index in [9.17, 15) is 13.6 Å². The van der Waals surface area contributed by atoms with Crippen molar-refractivity contribution in [2.75, 3.05) is 13.1 Å². The first-order chi connectivity index (χ1) is 13.5. The van der Waals surface area contributed by atoms with Gasteiger partial charge in [-0.05, 0) is 31.2 Å². The lowest BCUT2D eigenvalue weighted by atomic mass is 10.1. The van der Waals surface area contributed by atoms with Crippen LogP contribution in [0.5, 0.6) is 5.75 Å². The van der Waals surface area contributed by atoms with Crippen LogP contribution in [0.2, 0.25) is 0 Å². The Morgan fingerprint density at radius 3 is 2.71 bits per heavy atom. The maximum Gasteiger partial charge on any atom is 0.273 e. The molecule has 0 bridgehead atoms. The number of furan rings is 1. The van der Waals surface area contributed by atoms with Crippen molar-refractivity contribution in [3.05, 3.63) is 58.8 Å². The van der Waals surface area contributed by atoms with Gasteiger partial charge in [-0.2, -0.15) is 0 Å². The highest BCUT2D eigenvalue weighted by Crippen LogP contribution is 2.27. The molecule has 1 aliphatic rings. The van der Waals surface area contributed by atoms with Crippen LogP contribution in [-0.4, -0.2) is 35.0 Å². The Hall–Kier alpha value is -2.74. The molecule has 3 heterocycles. The van der Waals surface area contributed by atoms with E-state index in [2.05, 4.69) is 4.98 Å². The molecule has 0 atom stereocenters. The summed E-state index contributed by atoms with van der Waals surface area (Å²) >= 11 is 1.36. The first-order valence-corrected chi connectivity index (χ1v) is 9.81. The fraction of sp³-hybridized carbons (Fsp3) is 0.300. The number of aromatic nitrogens is 1. The van der Waals surface area contributed by atoms with Crippen molar-refractivity contribution in [2.24, 2.45) is 0 Å². The van der Waals surface area contributed by atoms with E-state index in [1.165, 1.54) is 17.4 Å². The van der Waals surface area contributed by atoms with Gasteiger partial charge in [-0.1, -0.05) is 0 Å². The van der Waals surface area contributed by atoms with Crippen LogP contribution in [0.25, 0.3) is 10.8 Å². The lowest BCUT2D eigenvalue weighted by Gasteiger charge is -2.31. The van der Waals surface area contributed by atoms with Gasteiger partial charge in [0.05, 0.1) is 0 Å². The largest absolute Gasteiger partial charge is 0.487 e. The van der Waals surface area contributed by atoms with Crippen molar-refractivity contribution in [3.8, 4) is 16.5 Å². The number of aryl methyl sites for hydroxylation is 1. The van der Waals surface area contributed by atoms with Crippen LogP contribution >= 0.6 is 11.3 Å². The van der Waals surface area contributed by atoms with Gasteiger partial charge in [0.1, 0.15) is 23.4 Å². The fourth-order valence-corrected chi connectivity index (χ4v) is 3.88. The van der Waals surface area contributed by atoms with E-state index in [0.717, 1.165) is 17.9 Å². The van der Waals surface area contributed by atoms with Gasteiger partial charge in [-0.3, -0.25) is 4.79 Å². The molecule has 1 fully saturated rings. The first kappa shape index (κ1) is 18.6. The minimum absolute atomic E-state index is 0.0315. The smallest absolute Gasteiger partial charge is 0.273 e. The van der Waals surface area contributed by atoms with Crippen molar-refractivity contribution in [1.82, 2.24) is 9.88 Å². The number of benzene rings is 1. The zero-order valence-electron chi connectivity index (χ0n) is 15.2. The lowest BCUT2D eigenvalue weighted by molar-refractivity contribution is 0.0583. The quantitative estimate of drug-likeness (QED) is 0.634. The molecule has 0 N–H and O–H groups in total. The molecule has 1 aromatic carbocycles. The molecule has 0 aliphatic carbocycles. The number of carbonyl (C=O) groups excluding carboxylic acids is 1. The minimum Gasteiger partial charge on any atom is -0.487 e. The summed E-state index contributed by atoms with van der Waals surface area (Å²) < 4.78 is 37.9. The number of likely N-dealkylation sites (tertiary alicyclic amines) is 1. The third-order valence-corrected chi connectivity index (χ3v) is 5.45. The summed E-state index contributed by atoms with van der Waals surface area (Å²) in [6.07, 6.45) is 0.912. The van der Waals surface area contributed by atoms with Gasteiger partial charge in [0.15, 0.2) is 22.3 Å². The zero-order valence-corrected chi connectivity index (χ0v) is 16.0. The summed E-state index contributed by atoms with van der Waals surface area (Å²) in [5.41, 5.74) is 0.387. The molecule has 5 nitrogen and oxygen atoms in total. The van der Waals surface area contributed by atoms with E-state index in [-0.39, 0.29) is 17.8 Å². The molecule has 0 spiro atoms. The Kier molecular flexibility index (Phi) is 5.13. The molecule has 8 heteroatoms. The third-order valence-electron chi connectivity index (χ3n) is 4.59. The third kappa shape index (κ3) is 3.91. The monoisotopic (exact) mass is 404 g/mol. The number of hydrogen-bond acceptors (Lipinski definition) is 5. The van der Waals surface area contributed by atoms with Gasteiger partial charge in [-0.25, -0.2) is 13.8 Å². The number of rotatable bonds is 4. The van der Waals surface area contributed by atoms with Crippen LogP contribution in [0.4, 0.5) is 8.78 Å². The number of hydrogen-bond donors (Lipinski definition) is 0. The van der Waals surface area contributed by atoms with Crippen molar-refractivity contribution in [1.29, 1.82) is 0 Å². The van der Waals surface area contributed by atoms with Crippen molar-refractivity contribution in [2.45, 2.75) is 25.9 Å². The van der Waals surface area contributed by atoms with Crippen LogP contribution in [-0.2, 0) is 0 Å². The normalized spacial score (nSPS) is 15.0. The molecule has 0 radical (unpaired) electrons. The average Bonchev–Trinajstić information content (AvgIpc) is 3.33. The summed E-state index contributed by atoms with van der Waals surface area (Å²) in [4.78, 5) is 18.8. The maximum atomic E-state index is 13.7.